The van der Waals surface area contributed by atoms with Crippen molar-refractivity contribution in [1.29, 1.82) is 0 Å². The van der Waals surface area contributed by atoms with E-state index in [0.29, 0.717) is 19.3 Å². The Morgan fingerprint density at radius 1 is 1.18 bits per heavy atom. The number of nitrogens with zero attached hydrogens (tertiary/aromatic N) is 1. The number of H-pyrrole nitrogens is 1. The van der Waals surface area contributed by atoms with Crippen molar-refractivity contribution in [2.45, 2.75) is 30.2 Å². The van der Waals surface area contributed by atoms with Crippen LogP contribution in [0.4, 0.5) is 0 Å². The molecule has 0 bridgehead atoms. The predicted octanol–water partition coefficient (Wildman–Crippen LogP) is 4.32. The van der Waals surface area contributed by atoms with Gasteiger partial charge in [-0.3, -0.25) is 10.0 Å². The summed E-state index contributed by atoms with van der Waals surface area (Å²) < 4.78 is 34.8. The van der Waals surface area contributed by atoms with Crippen LogP contribution in [0.5, 0.6) is 11.5 Å². The minimum absolute atomic E-state index is 0.0363. The average molecular weight is 548 g/mol. The monoisotopic (exact) mass is 547 g/mol. The van der Waals surface area contributed by atoms with Gasteiger partial charge in [0.25, 0.3) is 5.91 Å². The molecule has 4 N–H and O–H groups in total. The van der Waals surface area contributed by atoms with Crippen LogP contribution in [-0.4, -0.2) is 47.6 Å². The number of hydrogen-bond donors (Lipinski definition) is 4. The smallest absolute Gasteiger partial charge is 0.267 e. The summed E-state index contributed by atoms with van der Waals surface area (Å²) in [6.07, 6.45) is 6.46. The highest BCUT2D eigenvalue weighted by Gasteiger charge is 2.36. The molecule has 4 aromatic rings. The molecule has 1 heterocycles. The maximum absolute atomic E-state index is 14.0. The molecule has 1 aliphatic rings. The number of rotatable bonds is 9. The van der Waals surface area contributed by atoms with Gasteiger partial charge in [0.1, 0.15) is 11.5 Å². The molecule has 1 amide bonds. The van der Waals surface area contributed by atoms with Gasteiger partial charge in [-0.25, -0.2) is 13.9 Å². The number of nitrogens with one attached hydrogen (secondary N) is 2. The lowest BCUT2D eigenvalue weighted by molar-refractivity contribution is -0.124. The molecule has 5 rings (SSSR count). The number of phenols is 1. The summed E-state index contributed by atoms with van der Waals surface area (Å²) in [6, 6.07) is 16.7. The van der Waals surface area contributed by atoms with E-state index in [9.17, 15) is 18.3 Å². The van der Waals surface area contributed by atoms with Gasteiger partial charge in [-0.2, -0.15) is 4.31 Å². The van der Waals surface area contributed by atoms with Gasteiger partial charge < -0.3 is 14.8 Å². The second-order valence-electron chi connectivity index (χ2n) is 9.41. The Kier molecular flexibility index (Phi) is 7.42. The van der Waals surface area contributed by atoms with E-state index in [-0.39, 0.29) is 17.2 Å². The Morgan fingerprint density at radius 2 is 2.03 bits per heavy atom. The molecular weight excluding hydrogens is 518 g/mol. The van der Waals surface area contributed by atoms with E-state index in [1.54, 1.807) is 18.7 Å². The zero-order chi connectivity index (χ0) is 27.6. The van der Waals surface area contributed by atoms with Crippen LogP contribution in [0.15, 0.2) is 77.8 Å². The summed E-state index contributed by atoms with van der Waals surface area (Å²) in [5.41, 5.74) is 6.15. The van der Waals surface area contributed by atoms with Crippen LogP contribution in [0.3, 0.4) is 0 Å². The van der Waals surface area contributed by atoms with Crippen LogP contribution in [0.25, 0.3) is 17.0 Å². The lowest BCUT2D eigenvalue weighted by atomic mass is 10.0. The molecule has 0 aliphatic heterocycles. The number of amides is 1. The number of fused-ring (bicyclic) bond motifs is 2. The number of phenolic OH excluding ortho intramolecular Hbond substituents is 1. The van der Waals surface area contributed by atoms with Crippen molar-refractivity contribution in [1.82, 2.24) is 14.8 Å². The van der Waals surface area contributed by atoms with Gasteiger partial charge in [-0.1, -0.05) is 24.3 Å². The highest BCUT2D eigenvalue weighted by atomic mass is 32.2. The van der Waals surface area contributed by atoms with Crippen molar-refractivity contribution < 1.29 is 28.3 Å². The van der Waals surface area contributed by atoms with E-state index >= 15 is 0 Å². The van der Waals surface area contributed by atoms with Gasteiger partial charge in [-0.05, 0) is 77.9 Å². The first kappa shape index (κ1) is 26.5. The third kappa shape index (κ3) is 5.40. The molecule has 3 aromatic carbocycles. The van der Waals surface area contributed by atoms with Crippen LogP contribution in [0, 0.1) is 0 Å². The van der Waals surface area contributed by atoms with Gasteiger partial charge in [-0.15, -0.1) is 0 Å². The van der Waals surface area contributed by atoms with Gasteiger partial charge in [0.2, 0.25) is 10.0 Å². The minimum Gasteiger partial charge on any atom is -0.508 e. The highest BCUT2D eigenvalue weighted by molar-refractivity contribution is 7.89. The molecule has 1 atom stereocenters. The number of aromatic hydroxyl groups is 1. The summed E-state index contributed by atoms with van der Waals surface area (Å²) in [4.78, 5) is 14.6. The summed E-state index contributed by atoms with van der Waals surface area (Å²) >= 11 is 0. The van der Waals surface area contributed by atoms with Crippen molar-refractivity contribution in [3.63, 3.8) is 0 Å². The van der Waals surface area contributed by atoms with E-state index < -0.39 is 22.0 Å². The third-order valence-corrected chi connectivity index (χ3v) is 9.00. The number of aromatic nitrogens is 1. The molecule has 39 heavy (non-hydrogen) atoms. The SMILES string of the molecule is COc1ccc2c(CCN(C3CCc4cc(C=CC(=O)NO)ccc43)S(=O)(=O)c3cccc(O)c3)c[nH]c2c1. The molecule has 202 valence electrons. The van der Waals surface area contributed by atoms with Crippen molar-refractivity contribution in [2.24, 2.45) is 0 Å². The van der Waals surface area contributed by atoms with E-state index in [4.69, 9.17) is 9.94 Å². The summed E-state index contributed by atoms with van der Waals surface area (Å²) in [6.45, 7) is 0.236. The Balaban J connectivity index is 1.49. The van der Waals surface area contributed by atoms with E-state index in [2.05, 4.69) is 4.98 Å². The van der Waals surface area contributed by atoms with Crippen molar-refractivity contribution in [3.05, 3.63) is 95.2 Å². The number of ether oxygens (including phenoxy) is 1. The molecular formula is C29H29N3O6S. The third-order valence-electron chi connectivity index (χ3n) is 7.10. The number of methoxy groups -OCH3 is 1. The van der Waals surface area contributed by atoms with Gasteiger partial charge >= 0.3 is 0 Å². The van der Waals surface area contributed by atoms with Gasteiger partial charge in [0.15, 0.2) is 0 Å². The molecule has 0 radical (unpaired) electrons. The fourth-order valence-electron chi connectivity index (χ4n) is 5.18. The molecule has 0 fully saturated rings. The maximum atomic E-state index is 14.0. The minimum atomic E-state index is -3.95. The molecule has 0 saturated carbocycles. The molecule has 0 spiro atoms. The molecule has 1 aromatic heterocycles. The van der Waals surface area contributed by atoms with Crippen LogP contribution in [0.2, 0.25) is 0 Å². The van der Waals surface area contributed by atoms with Crippen molar-refractivity contribution in [2.75, 3.05) is 13.7 Å². The van der Waals surface area contributed by atoms with E-state index in [1.165, 1.54) is 34.6 Å². The lowest BCUT2D eigenvalue weighted by Crippen LogP contribution is -2.35. The van der Waals surface area contributed by atoms with Crippen molar-refractivity contribution in [3.8, 4) is 11.5 Å². The Hall–Kier alpha value is -4.12. The first-order valence-electron chi connectivity index (χ1n) is 12.5. The van der Waals surface area contributed by atoms with Crippen LogP contribution in [0.1, 0.15) is 34.7 Å². The largest absolute Gasteiger partial charge is 0.508 e. The number of aromatic amines is 1. The Morgan fingerprint density at radius 3 is 2.79 bits per heavy atom. The number of hydroxylamine groups is 1. The highest BCUT2D eigenvalue weighted by Crippen LogP contribution is 2.40. The first-order valence-corrected chi connectivity index (χ1v) is 13.9. The fraction of sp³-hybridized carbons (Fsp3) is 0.207. The molecule has 0 saturated heterocycles. The van der Waals surface area contributed by atoms with E-state index in [0.717, 1.165) is 38.9 Å². The quantitative estimate of drug-likeness (QED) is 0.140. The van der Waals surface area contributed by atoms with Gasteiger partial charge in [0.05, 0.1) is 18.0 Å². The topological polar surface area (TPSA) is 132 Å². The zero-order valence-corrected chi connectivity index (χ0v) is 22.1. The standard InChI is InChI=1S/C29H29N3O6S/c1-38-23-8-10-25-21(18-30-27(25)17-23)13-14-32(39(36,37)24-4-2-3-22(33)16-24)28-11-7-20-15-19(5-9-26(20)28)6-12-29(34)31-35/h2-6,8-10,12,15-18,28,30,33,35H,7,11,13-14H2,1H3,(H,31,34). The number of carbonyl (C=O) groups is 1. The molecule has 1 unspecified atom stereocenters. The average Bonchev–Trinajstić information content (AvgIpc) is 3.55. The van der Waals surface area contributed by atoms with Gasteiger partial charge in [0, 0.05) is 35.8 Å². The predicted molar refractivity (Wildman–Crippen MR) is 147 cm³/mol. The Labute approximate surface area is 226 Å². The first-order chi connectivity index (χ1) is 18.8. The number of hydrogen-bond acceptors (Lipinski definition) is 6. The van der Waals surface area contributed by atoms with Crippen LogP contribution < -0.4 is 10.2 Å². The number of carbonyl (C=O) groups excluding carboxylic acids is 1. The van der Waals surface area contributed by atoms with Crippen LogP contribution in [-0.2, 0) is 27.7 Å². The number of benzene rings is 3. The normalized spacial score (nSPS) is 15.2. The molecule has 1 aliphatic carbocycles. The number of sulfonamides is 1. The summed E-state index contributed by atoms with van der Waals surface area (Å²) in [5.74, 6) is -0.0120. The van der Waals surface area contributed by atoms with Crippen molar-refractivity contribution >= 4 is 32.9 Å². The molecule has 10 heteroatoms. The zero-order valence-electron chi connectivity index (χ0n) is 21.3. The molecule has 9 nitrogen and oxygen atoms in total. The fourth-order valence-corrected chi connectivity index (χ4v) is 6.86. The lowest BCUT2D eigenvalue weighted by Gasteiger charge is -2.29. The van der Waals surface area contributed by atoms with E-state index in [1.807, 2.05) is 42.6 Å². The second kappa shape index (κ2) is 10.9. The maximum Gasteiger partial charge on any atom is 0.267 e. The summed E-state index contributed by atoms with van der Waals surface area (Å²) in [5, 5.41) is 19.7. The Bertz CT molecular complexity index is 1660. The van der Waals surface area contributed by atoms with Crippen LogP contribution >= 0.6 is 0 Å². The number of aryl methyl sites for hydroxylation is 1. The second-order valence-corrected chi connectivity index (χ2v) is 11.3. The summed E-state index contributed by atoms with van der Waals surface area (Å²) in [7, 11) is -2.34.